The van der Waals surface area contributed by atoms with E-state index >= 15 is 0 Å². The predicted octanol–water partition coefficient (Wildman–Crippen LogP) is 3.64. The third-order valence-electron chi connectivity index (χ3n) is 8.20. The average Bonchev–Trinajstić information content (AvgIpc) is 3.45. The fraction of sp³-hybridized carbons (Fsp3) is 0.312. The van der Waals surface area contributed by atoms with E-state index in [0.717, 1.165) is 73.8 Å². The van der Waals surface area contributed by atoms with Gasteiger partial charge in [0.25, 0.3) is 0 Å². The standard InChI is InChI=1S/C32H33N11O/c33-20-28-35-13-9-27(39-28)37-23-10-14-41(15-11-23)21-22-3-5-24(6-4-22)43-31(25-2-1-12-36-30(25)34)38-26-7-8-29(40-32(26)43)42-16-18-44-19-17-42/h1-9,12-13,23H,10-11,14-19,21H2,(H2,34,36)(H,35,37,39). The molecule has 2 aliphatic heterocycles. The summed E-state index contributed by atoms with van der Waals surface area (Å²) in [7, 11) is 0. The first-order valence-electron chi connectivity index (χ1n) is 14.9. The van der Waals surface area contributed by atoms with Gasteiger partial charge in [-0.2, -0.15) is 5.26 Å². The Morgan fingerprint density at radius 2 is 1.73 bits per heavy atom. The van der Waals surface area contributed by atoms with Crippen LogP contribution >= 0.6 is 0 Å². The molecular weight excluding hydrogens is 554 g/mol. The number of ether oxygens (including phenoxy) is 1. The maximum atomic E-state index is 9.07. The van der Waals surface area contributed by atoms with E-state index in [4.69, 9.17) is 25.7 Å². The summed E-state index contributed by atoms with van der Waals surface area (Å²) in [4.78, 5) is 27.3. The molecule has 44 heavy (non-hydrogen) atoms. The summed E-state index contributed by atoms with van der Waals surface area (Å²) < 4.78 is 7.63. The molecule has 1 aromatic carbocycles. The fourth-order valence-corrected chi connectivity index (χ4v) is 5.89. The summed E-state index contributed by atoms with van der Waals surface area (Å²) in [6.07, 6.45) is 5.30. The molecule has 0 unspecified atom stereocenters. The lowest BCUT2D eigenvalue weighted by molar-refractivity contribution is 0.122. The highest BCUT2D eigenvalue weighted by molar-refractivity contribution is 5.83. The predicted molar refractivity (Wildman–Crippen MR) is 168 cm³/mol. The van der Waals surface area contributed by atoms with Gasteiger partial charge in [-0.3, -0.25) is 9.47 Å². The highest BCUT2D eigenvalue weighted by Crippen LogP contribution is 2.32. The molecule has 2 saturated heterocycles. The first-order valence-corrected chi connectivity index (χ1v) is 14.9. The molecule has 12 nitrogen and oxygen atoms in total. The fourth-order valence-electron chi connectivity index (χ4n) is 5.89. The Labute approximate surface area is 255 Å². The first-order chi connectivity index (χ1) is 21.6. The molecule has 0 bridgehead atoms. The van der Waals surface area contributed by atoms with E-state index in [2.05, 4.69) is 58.9 Å². The van der Waals surface area contributed by atoms with E-state index in [1.54, 1.807) is 12.4 Å². The SMILES string of the molecule is N#Cc1nccc(NC2CCN(Cc3ccc(-n4c(-c5cccnc5N)nc5ccc(N6CCOCC6)nc54)cc3)CC2)n1. The van der Waals surface area contributed by atoms with Gasteiger partial charge in [-0.05, 0) is 60.9 Å². The molecule has 0 radical (unpaired) electrons. The number of benzene rings is 1. The Hall–Kier alpha value is -5.12. The van der Waals surface area contributed by atoms with Crippen LogP contribution in [-0.4, -0.2) is 79.8 Å². The van der Waals surface area contributed by atoms with Crippen molar-refractivity contribution in [1.82, 2.24) is 34.4 Å². The lowest BCUT2D eigenvalue weighted by atomic mass is 10.0. The van der Waals surface area contributed by atoms with Gasteiger partial charge >= 0.3 is 0 Å². The van der Waals surface area contributed by atoms with Crippen LogP contribution in [0.1, 0.15) is 24.2 Å². The average molecular weight is 588 g/mol. The number of nitrogens with one attached hydrogen (secondary N) is 1. The van der Waals surface area contributed by atoms with E-state index in [1.165, 1.54) is 5.56 Å². The van der Waals surface area contributed by atoms with Crippen molar-refractivity contribution in [2.45, 2.75) is 25.4 Å². The summed E-state index contributed by atoms with van der Waals surface area (Å²) in [5, 5.41) is 12.5. The Kier molecular flexibility index (Phi) is 7.70. The lowest BCUT2D eigenvalue weighted by Crippen LogP contribution is -2.38. The van der Waals surface area contributed by atoms with Crippen LogP contribution in [-0.2, 0) is 11.3 Å². The highest BCUT2D eigenvalue weighted by atomic mass is 16.5. The normalized spacial score (nSPS) is 16.2. The van der Waals surface area contributed by atoms with Crippen molar-refractivity contribution in [2.24, 2.45) is 0 Å². The summed E-state index contributed by atoms with van der Waals surface area (Å²) >= 11 is 0. The van der Waals surface area contributed by atoms with Gasteiger partial charge in [0.05, 0.1) is 18.8 Å². The molecule has 0 atom stereocenters. The smallest absolute Gasteiger partial charge is 0.234 e. The van der Waals surface area contributed by atoms with Crippen LogP contribution in [0.15, 0.2) is 67.0 Å². The van der Waals surface area contributed by atoms with Crippen molar-refractivity contribution in [3.05, 3.63) is 78.4 Å². The number of fused-ring (bicyclic) bond motifs is 1. The number of piperidine rings is 1. The quantitative estimate of drug-likeness (QED) is 0.288. The second kappa shape index (κ2) is 12.2. The summed E-state index contributed by atoms with van der Waals surface area (Å²) in [5.74, 6) is 2.94. The number of nitrogens with two attached hydrogens (primary N) is 1. The number of aromatic nitrogens is 6. The molecular formula is C32H33N11O. The van der Waals surface area contributed by atoms with Gasteiger partial charge in [0.1, 0.15) is 29.0 Å². The van der Waals surface area contributed by atoms with E-state index in [0.29, 0.717) is 36.7 Å². The van der Waals surface area contributed by atoms with Crippen molar-refractivity contribution in [3.8, 4) is 23.1 Å². The second-order valence-electron chi connectivity index (χ2n) is 11.1. The molecule has 4 aromatic heterocycles. The number of morpholine rings is 1. The number of likely N-dealkylation sites (tertiary alicyclic amines) is 1. The number of rotatable bonds is 7. The molecule has 7 rings (SSSR count). The molecule has 0 saturated carbocycles. The molecule has 3 N–H and O–H groups in total. The van der Waals surface area contributed by atoms with Gasteiger partial charge in [-0.1, -0.05) is 12.1 Å². The van der Waals surface area contributed by atoms with Gasteiger partial charge in [0.15, 0.2) is 11.5 Å². The Bertz CT molecular complexity index is 1800. The maximum absolute atomic E-state index is 9.07. The minimum Gasteiger partial charge on any atom is -0.383 e. The number of nitrogen functional groups attached to an aromatic ring is 1. The number of hydrogen-bond donors (Lipinski definition) is 2. The third kappa shape index (κ3) is 5.75. The first kappa shape index (κ1) is 27.7. The number of nitriles is 1. The Balaban J connectivity index is 1.11. The number of hydrogen-bond acceptors (Lipinski definition) is 11. The third-order valence-corrected chi connectivity index (χ3v) is 8.20. The van der Waals surface area contributed by atoms with E-state index in [9.17, 15) is 0 Å². The number of pyridine rings is 2. The summed E-state index contributed by atoms with van der Waals surface area (Å²) in [5.41, 5.74) is 10.9. The van der Waals surface area contributed by atoms with Crippen molar-refractivity contribution in [1.29, 1.82) is 5.26 Å². The monoisotopic (exact) mass is 587 g/mol. The van der Waals surface area contributed by atoms with Crippen LogP contribution < -0.4 is 16.0 Å². The largest absolute Gasteiger partial charge is 0.383 e. The summed E-state index contributed by atoms with van der Waals surface area (Å²) in [6, 6.07) is 20.6. The number of imidazole rings is 1. The second-order valence-corrected chi connectivity index (χ2v) is 11.1. The molecule has 0 amide bonds. The minimum atomic E-state index is 0.184. The molecule has 0 aliphatic carbocycles. The van der Waals surface area contributed by atoms with Crippen LogP contribution in [0.4, 0.5) is 17.5 Å². The molecule has 0 spiro atoms. The van der Waals surface area contributed by atoms with Crippen LogP contribution in [0.3, 0.4) is 0 Å². The van der Waals surface area contributed by atoms with Crippen molar-refractivity contribution >= 4 is 28.6 Å². The topological polar surface area (TPSA) is 147 Å². The zero-order valence-corrected chi connectivity index (χ0v) is 24.3. The van der Waals surface area contributed by atoms with Crippen LogP contribution in [0, 0.1) is 11.3 Å². The number of anilines is 3. The van der Waals surface area contributed by atoms with Crippen LogP contribution in [0.25, 0.3) is 28.2 Å². The molecule has 2 aliphatic rings. The van der Waals surface area contributed by atoms with Crippen molar-refractivity contribution in [3.63, 3.8) is 0 Å². The molecule has 5 aromatic rings. The Morgan fingerprint density at radius 3 is 2.50 bits per heavy atom. The van der Waals surface area contributed by atoms with Gasteiger partial charge in [-0.15, -0.1) is 0 Å². The van der Waals surface area contributed by atoms with E-state index in [-0.39, 0.29) is 5.82 Å². The zero-order valence-electron chi connectivity index (χ0n) is 24.3. The number of nitrogens with zero attached hydrogens (tertiary/aromatic N) is 9. The van der Waals surface area contributed by atoms with Crippen LogP contribution in [0.2, 0.25) is 0 Å². The molecule has 12 heteroatoms. The Morgan fingerprint density at radius 1 is 0.909 bits per heavy atom. The minimum absolute atomic E-state index is 0.184. The van der Waals surface area contributed by atoms with Crippen molar-refractivity contribution < 1.29 is 4.74 Å². The van der Waals surface area contributed by atoms with Crippen molar-refractivity contribution in [2.75, 3.05) is 55.3 Å². The van der Waals surface area contributed by atoms with E-state index in [1.807, 2.05) is 36.4 Å². The lowest BCUT2D eigenvalue weighted by Gasteiger charge is -2.32. The van der Waals surface area contributed by atoms with Gasteiger partial charge < -0.3 is 20.7 Å². The summed E-state index contributed by atoms with van der Waals surface area (Å²) in [6.45, 7) is 5.81. The van der Waals surface area contributed by atoms with E-state index < -0.39 is 0 Å². The van der Waals surface area contributed by atoms with Gasteiger partial charge in [0, 0.05) is 56.8 Å². The zero-order chi connectivity index (χ0) is 29.9. The van der Waals surface area contributed by atoms with Crippen LogP contribution in [0.5, 0.6) is 0 Å². The van der Waals surface area contributed by atoms with Gasteiger partial charge in [-0.25, -0.2) is 24.9 Å². The highest BCUT2D eigenvalue weighted by Gasteiger charge is 2.22. The molecule has 2 fully saturated rings. The van der Waals surface area contributed by atoms with Gasteiger partial charge in [0.2, 0.25) is 5.82 Å². The molecule has 222 valence electrons. The maximum Gasteiger partial charge on any atom is 0.234 e. The molecule has 6 heterocycles.